The number of nitrogens with one attached hydrogen (secondary N) is 1. The summed E-state index contributed by atoms with van der Waals surface area (Å²) in [7, 11) is -2.93. The molecule has 1 aliphatic rings. The summed E-state index contributed by atoms with van der Waals surface area (Å²) in [6.07, 6.45) is 6.52. The molecular formula is C13H19BrN2O2S. The fourth-order valence-electron chi connectivity index (χ4n) is 2.49. The maximum Gasteiger partial charge on any atom is 0.150 e. The highest BCUT2D eigenvalue weighted by Gasteiger charge is 2.28. The molecule has 0 spiro atoms. The van der Waals surface area contributed by atoms with Gasteiger partial charge in [0.1, 0.15) is 15.7 Å². The minimum absolute atomic E-state index is 0.196. The fraction of sp³-hybridized carbons (Fsp3) is 0.615. The van der Waals surface area contributed by atoms with Gasteiger partial charge in [-0.05, 0) is 53.7 Å². The van der Waals surface area contributed by atoms with Gasteiger partial charge < -0.3 is 5.32 Å². The van der Waals surface area contributed by atoms with Gasteiger partial charge in [-0.15, -0.1) is 0 Å². The molecule has 1 heterocycles. The molecule has 0 aliphatic heterocycles. The second-order valence-corrected chi connectivity index (χ2v) is 8.46. The number of aromatic nitrogens is 1. The van der Waals surface area contributed by atoms with E-state index in [0.717, 1.165) is 35.1 Å². The lowest BCUT2D eigenvalue weighted by atomic mass is 9.95. The Labute approximate surface area is 123 Å². The van der Waals surface area contributed by atoms with Crippen LogP contribution in [0.5, 0.6) is 0 Å². The number of anilines is 1. The first-order valence-corrected chi connectivity index (χ1v) is 9.18. The van der Waals surface area contributed by atoms with Crippen LogP contribution in [0.25, 0.3) is 0 Å². The van der Waals surface area contributed by atoms with Gasteiger partial charge in [-0.25, -0.2) is 13.4 Å². The van der Waals surface area contributed by atoms with Crippen LogP contribution in [0, 0.1) is 6.92 Å². The lowest BCUT2D eigenvalue weighted by Gasteiger charge is -2.29. The van der Waals surface area contributed by atoms with Crippen molar-refractivity contribution in [2.45, 2.75) is 43.9 Å². The van der Waals surface area contributed by atoms with Gasteiger partial charge in [0, 0.05) is 23.0 Å². The molecule has 4 nitrogen and oxygen atoms in total. The van der Waals surface area contributed by atoms with E-state index in [0.29, 0.717) is 6.42 Å². The van der Waals surface area contributed by atoms with Gasteiger partial charge in [-0.2, -0.15) is 0 Å². The second kappa shape index (κ2) is 5.79. The van der Waals surface area contributed by atoms with Crippen molar-refractivity contribution in [3.63, 3.8) is 0 Å². The average molecular weight is 347 g/mol. The van der Waals surface area contributed by atoms with Crippen LogP contribution in [0.4, 0.5) is 5.82 Å². The third-order valence-electron chi connectivity index (χ3n) is 3.63. The summed E-state index contributed by atoms with van der Waals surface area (Å²) in [6, 6.07) is 2.18. The van der Waals surface area contributed by atoms with Gasteiger partial charge >= 0.3 is 0 Å². The second-order valence-electron chi connectivity index (χ2n) is 5.28. The van der Waals surface area contributed by atoms with Crippen molar-refractivity contribution < 1.29 is 8.42 Å². The zero-order valence-electron chi connectivity index (χ0n) is 11.2. The summed E-state index contributed by atoms with van der Waals surface area (Å²) in [5.41, 5.74) is 1.12. The van der Waals surface area contributed by atoms with Crippen LogP contribution < -0.4 is 5.32 Å². The Morgan fingerprint density at radius 1 is 1.42 bits per heavy atom. The van der Waals surface area contributed by atoms with E-state index < -0.39 is 9.84 Å². The highest BCUT2D eigenvalue weighted by atomic mass is 79.9. The highest BCUT2D eigenvalue weighted by molar-refractivity contribution is 9.10. The molecule has 2 atom stereocenters. The minimum atomic E-state index is -2.93. The van der Waals surface area contributed by atoms with Gasteiger partial charge in [0.05, 0.1) is 5.25 Å². The predicted molar refractivity (Wildman–Crippen MR) is 81.2 cm³/mol. The zero-order valence-corrected chi connectivity index (χ0v) is 13.6. The molecular weight excluding hydrogens is 328 g/mol. The number of rotatable bonds is 3. The molecule has 0 amide bonds. The van der Waals surface area contributed by atoms with Crippen molar-refractivity contribution >= 4 is 31.6 Å². The molecule has 0 radical (unpaired) electrons. The van der Waals surface area contributed by atoms with Crippen LogP contribution in [0.1, 0.15) is 31.2 Å². The third-order valence-corrected chi connectivity index (χ3v) is 6.10. The molecule has 0 saturated heterocycles. The Morgan fingerprint density at radius 3 is 2.79 bits per heavy atom. The quantitative estimate of drug-likeness (QED) is 0.913. The summed E-state index contributed by atoms with van der Waals surface area (Å²) >= 11 is 3.42. The smallest absolute Gasteiger partial charge is 0.150 e. The first kappa shape index (κ1) is 14.8. The molecule has 1 fully saturated rings. The molecule has 19 heavy (non-hydrogen) atoms. The van der Waals surface area contributed by atoms with E-state index in [1.54, 1.807) is 6.20 Å². The molecule has 0 bridgehead atoms. The molecule has 1 aromatic rings. The van der Waals surface area contributed by atoms with E-state index >= 15 is 0 Å². The van der Waals surface area contributed by atoms with Gasteiger partial charge in [0.15, 0.2) is 0 Å². The molecule has 1 N–H and O–H groups in total. The van der Waals surface area contributed by atoms with Crippen molar-refractivity contribution in [1.29, 1.82) is 0 Å². The van der Waals surface area contributed by atoms with E-state index in [2.05, 4.69) is 26.2 Å². The number of hydrogen-bond donors (Lipinski definition) is 1. The van der Waals surface area contributed by atoms with Crippen LogP contribution >= 0.6 is 15.9 Å². The van der Waals surface area contributed by atoms with Gasteiger partial charge in [-0.3, -0.25) is 0 Å². The van der Waals surface area contributed by atoms with Crippen molar-refractivity contribution in [3.8, 4) is 0 Å². The van der Waals surface area contributed by atoms with Gasteiger partial charge in [0.25, 0.3) is 0 Å². The lowest BCUT2D eigenvalue weighted by Crippen LogP contribution is -2.34. The van der Waals surface area contributed by atoms with E-state index in [1.165, 1.54) is 6.26 Å². The third kappa shape index (κ3) is 3.92. The summed E-state index contributed by atoms with van der Waals surface area (Å²) < 4.78 is 24.2. The summed E-state index contributed by atoms with van der Waals surface area (Å²) in [6.45, 7) is 2.01. The maximum absolute atomic E-state index is 11.6. The molecule has 1 aromatic heterocycles. The Kier molecular flexibility index (Phi) is 4.50. The minimum Gasteiger partial charge on any atom is -0.367 e. The Hall–Kier alpha value is -0.620. The average Bonchev–Trinajstić information content (AvgIpc) is 2.33. The molecule has 2 unspecified atom stereocenters. The van der Waals surface area contributed by atoms with Crippen molar-refractivity contribution in [2.75, 3.05) is 11.6 Å². The van der Waals surface area contributed by atoms with Crippen LogP contribution in [0.15, 0.2) is 16.7 Å². The largest absolute Gasteiger partial charge is 0.367 e. The Balaban J connectivity index is 2.04. The van der Waals surface area contributed by atoms with E-state index in [4.69, 9.17) is 0 Å². The van der Waals surface area contributed by atoms with Crippen LogP contribution in [0.3, 0.4) is 0 Å². The monoisotopic (exact) mass is 346 g/mol. The number of sulfone groups is 1. The molecule has 1 saturated carbocycles. The Morgan fingerprint density at radius 2 is 2.16 bits per heavy atom. The van der Waals surface area contributed by atoms with Crippen molar-refractivity contribution in [3.05, 3.63) is 22.3 Å². The molecule has 0 aromatic carbocycles. The summed E-state index contributed by atoms with van der Waals surface area (Å²) in [5, 5.41) is 3.14. The number of pyridine rings is 1. The standard InChI is InChI=1S/C13H19BrN2O2S/c1-9-6-13(15-8-12(9)14)16-10-4-3-5-11(7-10)19(2,17)18/h6,8,10-11H,3-5,7H2,1-2H3,(H,15,16). The Bertz CT molecular complexity index is 560. The summed E-state index contributed by atoms with van der Waals surface area (Å²) in [4.78, 5) is 4.31. The molecule has 106 valence electrons. The van der Waals surface area contributed by atoms with E-state index in [-0.39, 0.29) is 11.3 Å². The van der Waals surface area contributed by atoms with E-state index in [9.17, 15) is 8.42 Å². The van der Waals surface area contributed by atoms with Crippen molar-refractivity contribution in [1.82, 2.24) is 4.98 Å². The normalized spacial score (nSPS) is 24.2. The van der Waals surface area contributed by atoms with Gasteiger partial charge in [-0.1, -0.05) is 6.42 Å². The number of hydrogen-bond acceptors (Lipinski definition) is 4. The predicted octanol–water partition coefficient (Wildman–Crippen LogP) is 2.92. The molecule has 6 heteroatoms. The first-order chi connectivity index (χ1) is 8.86. The maximum atomic E-state index is 11.6. The zero-order chi connectivity index (χ0) is 14.0. The van der Waals surface area contributed by atoms with Gasteiger partial charge in [0.2, 0.25) is 0 Å². The topological polar surface area (TPSA) is 59.1 Å². The number of aryl methyl sites for hydroxylation is 1. The number of nitrogens with zero attached hydrogens (tertiary/aromatic N) is 1. The fourth-order valence-corrected chi connectivity index (χ4v) is 3.89. The highest BCUT2D eigenvalue weighted by Crippen LogP contribution is 2.26. The van der Waals surface area contributed by atoms with E-state index in [1.807, 2.05) is 13.0 Å². The first-order valence-electron chi connectivity index (χ1n) is 6.44. The van der Waals surface area contributed by atoms with Crippen LogP contribution in [-0.2, 0) is 9.84 Å². The van der Waals surface area contributed by atoms with Crippen molar-refractivity contribution in [2.24, 2.45) is 0 Å². The van der Waals surface area contributed by atoms with Crippen LogP contribution in [-0.4, -0.2) is 30.9 Å². The molecule has 2 rings (SSSR count). The lowest BCUT2D eigenvalue weighted by molar-refractivity contribution is 0.452. The number of halogens is 1. The summed E-state index contributed by atoms with van der Waals surface area (Å²) in [5.74, 6) is 0.819. The van der Waals surface area contributed by atoms with Crippen LogP contribution in [0.2, 0.25) is 0 Å². The SMILES string of the molecule is Cc1cc(NC2CCCC(S(C)(=O)=O)C2)ncc1Br. The molecule has 1 aliphatic carbocycles.